The molecular formula is C19H21ClN2O4S. The summed E-state index contributed by atoms with van der Waals surface area (Å²) in [5.74, 6) is -0.193. The topological polar surface area (TPSA) is 75.7 Å². The van der Waals surface area contributed by atoms with Crippen LogP contribution in [-0.4, -0.2) is 38.8 Å². The van der Waals surface area contributed by atoms with Crippen LogP contribution in [0.5, 0.6) is 5.75 Å². The minimum Gasteiger partial charge on any atom is -0.495 e. The first-order valence-electron chi connectivity index (χ1n) is 8.61. The normalized spacial score (nSPS) is 18.1. The summed E-state index contributed by atoms with van der Waals surface area (Å²) in [6.45, 7) is 0.549. The lowest BCUT2D eigenvalue weighted by molar-refractivity contribution is -0.120. The Hall–Kier alpha value is -2.09. The standard InChI is InChI=1S/C19H21ClN2O4S/c1-26-18-10-9-15(20)12-17(18)21-19(23)14-6-5-11-22(13-14)27(24,25)16-7-3-2-4-8-16/h2-4,7-10,12,14H,5-6,11,13H2,1H3,(H,21,23). The Bertz CT molecular complexity index is 919. The summed E-state index contributed by atoms with van der Waals surface area (Å²) in [4.78, 5) is 13.0. The molecule has 8 heteroatoms. The zero-order valence-corrected chi connectivity index (χ0v) is 16.5. The number of sulfonamides is 1. The fourth-order valence-electron chi connectivity index (χ4n) is 3.13. The summed E-state index contributed by atoms with van der Waals surface area (Å²) in [6, 6.07) is 13.2. The largest absolute Gasteiger partial charge is 0.495 e. The number of nitrogens with zero attached hydrogens (tertiary/aromatic N) is 1. The molecule has 1 aliphatic rings. The summed E-state index contributed by atoms with van der Waals surface area (Å²) in [6.07, 6.45) is 1.24. The van der Waals surface area contributed by atoms with Gasteiger partial charge >= 0.3 is 0 Å². The Morgan fingerprint density at radius 3 is 2.67 bits per heavy atom. The van der Waals surface area contributed by atoms with Crippen molar-refractivity contribution < 1.29 is 17.9 Å². The molecule has 144 valence electrons. The molecule has 1 aliphatic heterocycles. The van der Waals surface area contributed by atoms with Gasteiger partial charge in [-0.25, -0.2) is 8.42 Å². The molecule has 2 aromatic rings. The van der Waals surface area contributed by atoms with E-state index in [1.165, 1.54) is 11.4 Å². The maximum absolute atomic E-state index is 12.8. The van der Waals surface area contributed by atoms with Gasteiger partial charge < -0.3 is 10.1 Å². The van der Waals surface area contributed by atoms with Crippen LogP contribution in [0, 0.1) is 5.92 Å². The molecule has 2 aromatic carbocycles. The van der Waals surface area contributed by atoms with Crippen LogP contribution in [0.15, 0.2) is 53.4 Å². The average molecular weight is 409 g/mol. The highest BCUT2D eigenvalue weighted by molar-refractivity contribution is 7.89. The van der Waals surface area contributed by atoms with Gasteiger partial charge in [0, 0.05) is 18.1 Å². The molecular weight excluding hydrogens is 388 g/mol. The average Bonchev–Trinajstić information content (AvgIpc) is 2.69. The van der Waals surface area contributed by atoms with E-state index in [1.807, 2.05) is 0 Å². The third kappa shape index (κ3) is 4.43. The van der Waals surface area contributed by atoms with Crippen LogP contribution in [0.2, 0.25) is 5.02 Å². The molecule has 1 atom stereocenters. The van der Waals surface area contributed by atoms with E-state index in [-0.39, 0.29) is 17.3 Å². The van der Waals surface area contributed by atoms with Crippen LogP contribution in [0.3, 0.4) is 0 Å². The van der Waals surface area contributed by atoms with Crippen molar-refractivity contribution in [1.29, 1.82) is 0 Å². The van der Waals surface area contributed by atoms with Crippen molar-refractivity contribution in [3.63, 3.8) is 0 Å². The number of amides is 1. The van der Waals surface area contributed by atoms with Crippen LogP contribution >= 0.6 is 11.6 Å². The molecule has 0 bridgehead atoms. The number of nitrogens with one attached hydrogen (secondary N) is 1. The van der Waals surface area contributed by atoms with Gasteiger partial charge in [0.25, 0.3) is 0 Å². The lowest BCUT2D eigenvalue weighted by atomic mass is 9.98. The Morgan fingerprint density at radius 1 is 1.22 bits per heavy atom. The summed E-state index contributed by atoms with van der Waals surface area (Å²) in [7, 11) is -2.11. The lowest BCUT2D eigenvalue weighted by Crippen LogP contribution is -2.43. The summed E-state index contributed by atoms with van der Waals surface area (Å²) >= 11 is 6.00. The van der Waals surface area contributed by atoms with Gasteiger partial charge in [-0.3, -0.25) is 4.79 Å². The van der Waals surface area contributed by atoms with Crippen LogP contribution in [0.1, 0.15) is 12.8 Å². The smallest absolute Gasteiger partial charge is 0.243 e. The van der Waals surface area contributed by atoms with Gasteiger partial charge in [-0.05, 0) is 43.2 Å². The highest BCUT2D eigenvalue weighted by atomic mass is 35.5. The van der Waals surface area contributed by atoms with Gasteiger partial charge in [0.2, 0.25) is 15.9 Å². The minimum atomic E-state index is -3.61. The Kier molecular flexibility index (Phi) is 6.04. The molecule has 1 unspecified atom stereocenters. The summed E-state index contributed by atoms with van der Waals surface area (Å²) in [5.41, 5.74) is 0.470. The first-order valence-corrected chi connectivity index (χ1v) is 10.4. The molecule has 3 rings (SSSR count). The number of ether oxygens (including phenoxy) is 1. The molecule has 0 aromatic heterocycles. The molecule has 1 fully saturated rings. The quantitative estimate of drug-likeness (QED) is 0.822. The van der Waals surface area contributed by atoms with Crippen molar-refractivity contribution in [2.75, 3.05) is 25.5 Å². The molecule has 27 heavy (non-hydrogen) atoms. The molecule has 1 amide bonds. The Labute approximate surface area is 164 Å². The van der Waals surface area contributed by atoms with E-state index >= 15 is 0 Å². The predicted molar refractivity (Wildman–Crippen MR) is 105 cm³/mol. The number of rotatable bonds is 5. The van der Waals surface area contributed by atoms with Crippen LogP contribution < -0.4 is 10.1 Å². The second-order valence-corrected chi connectivity index (χ2v) is 8.72. The van der Waals surface area contributed by atoms with E-state index in [9.17, 15) is 13.2 Å². The number of hydrogen-bond acceptors (Lipinski definition) is 4. The zero-order valence-electron chi connectivity index (χ0n) is 14.9. The second-order valence-electron chi connectivity index (χ2n) is 6.35. The first kappa shape index (κ1) is 19.7. The van der Waals surface area contributed by atoms with Gasteiger partial charge in [0.05, 0.1) is 23.6 Å². The predicted octanol–water partition coefficient (Wildman–Crippen LogP) is 3.39. The van der Waals surface area contributed by atoms with Crippen molar-refractivity contribution in [3.05, 3.63) is 53.6 Å². The highest BCUT2D eigenvalue weighted by Gasteiger charge is 2.33. The fraction of sp³-hybridized carbons (Fsp3) is 0.316. The Morgan fingerprint density at radius 2 is 1.96 bits per heavy atom. The van der Waals surface area contributed by atoms with Crippen molar-refractivity contribution in [1.82, 2.24) is 4.31 Å². The molecule has 1 saturated heterocycles. The van der Waals surface area contributed by atoms with Gasteiger partial charge in [0.1, 0.15) is 5.75 Å². The van der Waals surface area contributed by atoms with Crippen molar-refractivity contribution in [2.24, 2.45) is 5.92 Å². The second kappa shape index (κ2) is 8.29. The monoisotopic (exact) mass is 408 g/mol. The number of benzene rings is 2. The number of carbonyl (C=O) groups excluding carboxylic acids is 1. The molecule has 6 nitrogen and oxygen atoms in total. The maximum Gasteiger partial charge on any atom is 0.243 e. The van der Waals surface area contributed by atoms with Crippen molar-refractivity contribution >= 4 is 33.2 Å². The van der Waals surface area contributed by atoms with E-state index in [4.69, 9.17) is 16.3 Å². The number of anilines is 1. The van der Waals surface area contributed by atoms with Crippen molar-refractivity contribution in [2.45, 2.75) is 17.7 Å². The van der Waals surface area contributed by atoms with Gasteiger partial charge in [-0.2, -0.15) is 4.31 Å². The van der Waals surface area contributed by atoms with Crippen LogP contribution in [0.4, 0.5) is 5.69 Å². The molecule has 0 saturated carbocycles. The molecule has 0 spiro atoms. The molecule has 1 N–H and O–H groups in total. The first-order chi connectivity index (χ1) is 12.9. The van der Waals surface area contributed by atoms with Gasteiger partial charge in [0.15, 0.2) is 0 Å². The SMILES string of the molecule is COc1ccc(Cl)cc1NC(=O)C1CCCN(S(=O)(=O)c2ccccc2)C1. The zero-order chi connectivity index (χ0) is 19.4. The fourth-order valence-corrected chi connectivity index (χ4v) is 4.85. The minimum absolute atomic E-state index is 0.145. The third-order valence-corrected chi connectivity index (χ3v) is 6.67. The van der Waals surface area contributed by atoms with E-state index < -0.39 is 15.9 Å². The number of methoxy groups -OCH3 is 1. The number of halogens is 1. The maximum atomic E-state index is 12.8. The number of hydrogen-bond donors (Lipinski definition) is 1. The van der Waals surface area contributed by atoms with Crippen LogP contribution in [-0.2, 0) is 14.8 Å². The summed E-state index contributed by atoms with van der Waals surface area (Å²) in [5, 5.41) is 3.29. The van der Waals surface area contributed by atoms with E-state index in [2.05, 4.69) is 5.32 Å². The van der Waals surface area contributed by atoms with Gasteiger partial charge in [-0.1, -0.05) is 29.8 Å². The van der Waals surface area contributed by atoms with Crippen LogP contribution in [0.25, 0.3) is 0 Å². The van der Waals surface area contributed by atoms with Crippen molar-refractivity contribution in [3.8, 4) is 5.75 Å². The van der Waals surface area contributed by atoms with E-state index in [1.54, 1.807) is 48.5 Å². The lowest BCUT2D eigenvalue weighted by Gasteiger charge is -2.31. The molecule has 0 aliphatic carbocycles. The van der Waals surface area contributed by atoms with E-state index in [0.29, 0.717) is 35.8 Å². The molecule has 1 heterocycles. The number of carbonyl (C=O) groups is 1. The highest BCUT2D eigenvalue weighted by Crippen LogP contribution is 2.30. The van der Waals surface area contributed by atoms with Gasteiger partial charge in [-0.15, -0.1) is 0 Å². The third-order valence-electron chi connectivity index (χ3n) is 4.56. The summed E-state index contributed by atoms with van der Waals surface area (Å²) < 4.78 is 32.3. The Balaban J connectivity index is 1.75. The van der Waals surface area contributed by atoms with E-state index in [0.717, 1.165) is 0 Å². The molecule has 0 radical (unpaired) electrons. The number of piperidine rings is 1.